The number of phenolic OH excluding ortho intramolecular Hbond substituents is 1. The first kappa shape index (κ1) is 22.4. The molecule has 0 aliphatic heterocycles. The van der Waals surface area contributed by atoms with E-state index in [1.807, 2.05) is 43.3 Å². The van der Waals surface area contributed by atoms with Gasteiger partial charge >= 0.3 is 0 Å². The average molecular weight is 457 g/mol. The van der Waals surface area contributed by atoms with E-state index in [1.165, 1.54) is 0 Å². The van der Waals surface area contributed by atoms with Gasteiger partial charge in [-0.3, -0.25) is 9.59 Å². The molecule has 0 heterocycles. The molecule has 3 aliphatic carbocycles. The number of allylic oxidation sites excluding steroid dienone is 3. The van der Waals surface area contributed by atoms with E-state index in [0.29, 0.717) is 36.0 Å². The van der Waals surface area contributed by atoms with E-state index < -0.39 is 28.8 Å². The summed E-state index contributed by atoms with van der Waals surface area (Å²) in [5.74, 6) is -2.71. The van der Waals surface area contributed by atoms with Gasteiger partial charge in [-0.05, 0) is 79.8 Å². The molecule has 0 bridgehead atoms. The standard InChI is InChI=1S/C29H28O5/c1-14(2)22-15(3)10-19-12-18-13-21-20(17-8-6-5-7-9-17)11-16(4)25(30)24(21)26(31)23(18)28(33)29(19,34)27(22)32/h5-9,11,18-19,30,33-34H,1,10,12-13H2,2-4H3/t18-,19-,29-/m1/s1. The van der Waals surface area contributed by atoms with Crippen molar-refractivity contribution in [3.05, 3.63) is 87.7 Å². The van der Waals surface area contributed by atoms with E-state index >= 15 is 0 Å². The monoisotopic (exact) mass is 456 g/mol. The lowest BCUT2D eigenvalue weighted by Gasteiger charge is -2.46. The molecular weight excluding hydrogens is 428 g/mol. The zero-order chi connectivity index (χ0) is 24.5. The lowest BCUT2D eigenvalue weighted by molar-refractivity contribution is -0.141. The molecule has 0 radical (unpaired) electrons. The molecule has 3 N–H and O–H groups in total. The molecule has 0 saturated heterocycles. The maximum atomic E-state index is 13.8. The Balaban J connectivity index is 1.72. The summed E-state index contributed by atoms with van der Waals surface area (Å²) in [6.45, 7) is 9.16. The van der Waals surface area contributed by atoms with Crippen molar-refractivity contribution in [2.45, 2.75) is 45.6 Å². The molecule has 0 saturated carbocycles. The van der Waals surface area contributed by atoms with Crippen LogP contribution in [0.1, 0.15) is 48.2 Å². The highest BCUT2D eigenvalue weighted by atomic mass is 16.3. The number of ketones is 2. The Kier molecular flexibility index (Phi) is 4.96. The van der Waals surface area contributed by atoms with Gasteiger partial charge in [-0.2, -0.15) is 0 Å². The molecular formula is C29H28O5. The molecule has 5 rings (SSSR count). The second-order valence-corrected chi connectivity index (χ2v) is 9.97. The first-order chi connectivity index (χ1) is 16.1. The predicted molar refractivity (Wildman–Crippen MR) is 130 cm³/mol. The SMILES string of the molecule is C=C(C)C1=C(C)C[C@@H]2C[C@@H]3Cc4c(-c5ccccc5)cc(C)c(O)c4C(=O)C3=C(O)[C@]2(O)C1=O. The van der Waals surface area contributed by atoms with Crippen LogP contribution in [-0.4, -0.2) is 32.5 Å². The third kappa shape index (κ3) is 2.90. The normalized spacial score (nSPS) is 26.2. The molecule has 5 nitrogen and oxygen atoms in total. The molecule has 174 valence electrons. The molecule has 0 aromatic heterocycles. The summed E-state index contributed by atoms with van der Waals surface area (Å²) in [5, 5.41) is 33.8. The van der Waals surface area contributed by atoms with E-state index in [2.05, 4.69) is 6.58 Å². The topological polar surface area (TPSA) is 94.8 Å². The van der Waals surface area contributed by atoms with Crippen LogP contribution in [0, 0.1) is 18.8 Å². The number of aryl methyl sites for hydroxylation is 1. The summed E-state index contributed by atoms with van der Waals surface area (Å²) < 4.78 is 0. The second-order valence-electron chi connectivity index (χ2n) is 9.97. The minimum atomic E-state index is -2.16. The number of carbonyl (C=O) groups is 2. The smallest absolute Gasteiger partial charge is 0.202 e. The van der Waals surface area contributed by atoms with Crippen molar-refractivity contribution in [2.24, 2.45) is 11.8 Å². The lowest BCUT2D eigenvalue weighted by Crippen LogP contribution is -2.56. The summed E-state index contributed by atoms with van der Waals surface area (Å²) >= 11 is 0. The highest BCUT2D eigenvalue weighted by molar-refractivity contribution is 6.16. The van der Waals surface area contributed by atoms with Gasteiger partial charge in [0.05, 0.1) is 5.56 Å². The summed E-state index contributed by atoms with van der Waals surface area (Å²) in [4.78, 5) is 27.2. The van der Waals surface area contributed by atoms with E-state index in [0.717, 1.165) is 22.3 Å². The van der Waals surface area contributed by atoms with Crippen LogP contribution in [0.15, 0.2) is 71.0 Å². The van der Waals surface area contributed by atoms with Gasteiger partial charge in [0, 0.05) is 17.1 Å². The Morgan fingerprint density at radius 3 is 2.41 bits per heavy atom. The summed E-state index contributed by atoms with van der Waals surface area (Å²) in [6, 6.07) is 11.6. The largest absolute Gasteiger partial charge is 0.508 e. The molecule has 2 aromatic rings. The summed E-state index contributed by atoms with van der Waals surface area (Å²) in [6.07, 6.45) is 1.25. The van der Waals surface area contributed by atoms with Crippen molar-refractivity contribution >= 4 is 11.6 Å². The van der Waals surface area contributed by atoms with Gasteiger partial charge in [0.2, 0.25) is 5.78 Å². The van der Waals surface area contributed by atoms with Crippen molar-refractivity contribution < 1.29 is 24.9 Å². The van der Waals surface area contributed by atoms with Crippen molar-refractivity contribution in [3.63, 3.8) is 0 Å². The fraction of sp³-hybridized carbons (Fsp3) is 0.310. The number of hydrogen-bond acceptors (Lipinski definition) is 5. The zero-order valence-corrected chi connectivity index (χ0v) is 19.6. The number of aliphatic hydroxyl groups excluding tert-OH is 1. The molecule has 3 aliphatic rings. The molecule has 0 amide bonds. The van der Waals surface area contributed by atoms with Crippen LogP contribution in [0.2, 0.25) is 0 Å². The minimum absolute atomic E-state index is 0.0418. The number of phenols is 1. The van der Waals surface area contributed by atoms with Crippen LogP contribution >= 0.6 is 0 Å². The van der Waals surface area contributed by atoms with Crippen LogP contribution in [0.25, 0.3) is 11.1 Å². The lowest BCUT2D eigenvalue weighted by atomic mass is 9.59. The second kappa shape index (κ2) is 7.54. The Hall–Kier alpha value is -3.44. The number of carbonyl (C=O) groups excluding carboxylic acids is 2. The third-order valence-electron chi connectivity index (χ3n) is 7.77. The number of benzene rings is 2. The molecule has 0 spiro atoms. The Morgan fingerprint density at radius 1 is 1.09 bits per heavy atom. The first-order valence-corrected chi connectivity index (χ1v) is 11.6. The van der Waals surface area contributed by atoms with E-state index in [-0.39, 0.29) is 22.8 Å². The molecule has 0 unspecified atom stereocenters. The van der Waals surface area contributed by atoms with Gasteiger partial charge in [-0.15, -0.1) is 0 Å². The van der Waals surface area contributed by atoms with Crippen LogP contribution in [0.3, 0.4) is 0 Å². The number of aromatic hydroxyl groups is 1. The highest BCUT2D eigenvalue weighted by Gasteiger charge is 2.58. The maximum absolute atomic E-state index is 13.8. The van der Waals surface area contributed by atoms with Gasteiger partial charge in [0.25, 0.3) is 0 Å². The Labute approximate surface area is 198 Å². The highest BCUT2D eigenvalue weighted by Crippen LogP contribution is 2.53. The average Bonchev–Trinajstić information content (AvgIpc) is 2.79. The van der Waals surface area contributed by atoms with Gasteiger partial charge in [0.15, 0.2) is 11.4 Å². The van der Waals surface area contributed by atoms with Crippen LogP contribution < -0.4 is 0 Å². The van der Waals surface area contributed by atoms with Gasteiger partial charge < -0.3 is 15.3 Å². The van der Waals surface area contributed by atoms with E-state index in [1.54, 1.807) is 13.8 Å². The number of Topliss-reactive ketones (excluding diaryl/α,β-unsaturated/α-hetero) is 2. The van der Waals surface area contributed by atoms with Crippen molar-refractivity contribution in [1.82, 2.24) is 0 Å². The molecule has 0 fully saturated rings. The molecule has 2 aromatic carbocycles. The minimum Gasteiger partial charge on any atom is -0.508 e. The van der Waals surface area contributed by atoms with Crippen LogP contribution in [0.5, 0.6) is 5.75 Å². The van der Waals surface area contributed by atoms with Crippen LogP contribution in [0.4, 0.5) is 0 Å². The van der Waals surface area contributed by atoms with E-state index in [9.17, 15) is 24.9 Å². The Bertz CT molecular complexity index is 1340. The third-order valence-corrected chi connectivity index (χ3v) is 7.77. The van der Waals surface area contributed by atoms with E-state index in [4.69, 9.17) is 0 Å². The predicted octanol–water partition coefficient (Wildman–Crippen LogP) is 5.15. The molecule has 3 atom stereocenters. The van der Waals surface area contributed by atoms with Crippen LogP contribution in [-0.2, 0) is 11.2 Å². The van der Waals surface area contributed by atoms with Gasteiger partial charge in [-0.1, -0.05) is 42.5 Å². The summed E-state index contributed by atoms with van der Waals surface area (Å²) in [7, 11) is 0. The van der Waals surface area contributed by atoms with Gasteiger partial charge in [0.1, 0.15) is 11.5 Å². The fourth-order valence-electron chi connectivity index (χ4n) is 6.20. The van der Waals surface area contributed by atoms with Gasteiger partial charge in [-0.25, -0.2) is 0 Å². The summed E-state index contributed by atoms with van der Waals surface area (Å²) in [5.41, 5.74) is 2.83. The van der Waals surface area contributed by atoms with Crippen molar-refractivity contribution in [1.29, 1.82) is 0 Å². The number of hydrogen-bond donors (Lipinski definition) is 3. The number of rotatable bonds is 2. The zero-order valence-electron chi connectivity index (χ0n) is 19.6. The Morgan fingerprint density at radius 2 is 1.76 bits per heavy atom. The maximum Gasteiger partial charge on any atom is 0.202 e. The quantitative estimate of drug-likeness (QED) is 0.581. The number of aliphatic hydroxyl groups is 2. The molecule has 5 heteroatoms. The fourth-order valence-corrected chi connectivity index (χ4v) is 6.20. The molecule has 34 heavy (non-hydrogen) atoms. The number of fused-ring (bicyclic) bond motifs is 3. The van der Waals surface area contributed by atoms with Crippen molar-refractivity contribution in [3.8, 4) is 16.9 Å². The van der Waals surface area contributed by atoms with Crippen molar-refractivity contribution in [2.75, 3.05) is 0 Å². The first-order valence-electron chi connectivity index (χ1n) is 11.6.